The predicted octanol–water partition coefficient (Wildman–Crippen LogP) is 1.50. The van der Waals surface area contributed by atoms with E-state index in [2.05, 4.69) is 19.7 Å². The van der Waals surface area contributed by atoms with Gasteiger partial charge in [0.1, 0.15) is 0 Å². The van der Waals surface area contributed by atoms with Crippen LogP contribution in [0.3, 0.4) is 0 Å². The summed E-state index contributed by atoms with van der Waals surface area (Å²) in [6.07, 6.45) is 7.21. The van der Waals surface area contributed by atoms with E-state index in [-0.39, 0.29) is 12.3 Å². The number of aryl methyl sites for hydroxylation is 1. The van der Waals surface area contributed by atoms with E-state index in [9.17, 15) is 8.42 Å². The number of hydrogen-bond donors (Lipinski definition) is 1. The lowest BCUT2D eigenvalue weighted by Crippen LogP contribution is -2.30. The Kier molecular flexibility index (Phi) is 5.52. The third-order valence-corrected chi connectivity index (χ3v) is 5.04. The third kappa shape index (κ3) is 4.94. The second-order valence-electron chi connectivity index (χ2n) is 5.47. The molecular formula is C17H19N5O2S. The van der Waals surface area contributed by atoms with E-state index in [1.165, 1.54) is 0 Å². The van der Waals surface area contributed by atoms with Crippen LogP contribution in [0.25, 0.3) is 11.6 Å². The van der Waals surface area contributed by atoms with E-state index in [0.717, 1.165) is 5.56 Å². The molecule has 8 heteroatoms. The van der Waals surface area contributed by atoms with Crippen LogP contribution in [-0.4, -0.2) is 40.2 Å². The minimum atomic E-state index is -3.33. The van der Waals surface area contributed by atoms with Crippen LogP contribution in [-0.2, 0) is 23.0 Å². The SMILES string of the molecule is O=S(=O)(CCc1ccccc1)NCCn1ccnc1-c1ncccn1. The van der Waals surface area contributed by atoms with Crippen molar-refractivity contribution in [1.29, 1.82) is 0 Å². The first-order chi connectivity index (χ1) is 12.1. The molecule has 130 valence electrons. The van der Waals surface area contributed by atoms with Crippen LogP contribution in [0.5, 0.6) is 0 Å². The number of rotatable bonds is 8. The van der Waals surface area contributed by atoms with Crippen molar-refractivity contribution in [1.82, 2.24) is 24.2 Å². The summed E-state index contributed by atoms with van der Waals surface area (Å²) in [5, 5.41) is 0. The Labute approximate surface area is 146 Å². The lowest BCUT2D eigenvalue weighted by Gasteiger charge is -2.09. The molecule has 0 fully saturated rings. The summed E-state index contributed by atoms with van der Waals surface area (Å²) in [6.45, 7) is 0.742. The number of nitrogens with zero attached hydrogens (tertiary/aromatic N) is 4. The van der Waals surface area contributed by atoms with Crippen LogP contribution >= 0.6 is 0 Å². The van der Waals surface area contributed by atoms with E-state index in [0.29, 0.717) is 24.6 Å². The van der Waals surface area contributed by atoms with Crippen molar-refractivity contribution in [3.63, 3.8) is 0 Å². The fourth-order valence-corrected chi connectivity index (χ4v) is 3.45. The first-order valence-corrected chi connectivity index (χ1v) is 9.59. The summed E-state index contributed by atoms with van der Waals surface area (Å²) in [5.74, 6) is 1.19. The van der Waals surface area contributed by atoms with E-state index in [1.807, 2.05) is 34.9 Å². The van der Waals surface area contributed by atoms with Crippen LogP contribution in [0.4, 0.5) is 0 Å². The molecule has 0 aliphatic rings. The van der Waals surface area contributed by atoms with Crippen LogP contribution in [0, 0.1) is 0 Å². The van der Waals surface area contributed by atoms with Gasteiger partial charge in [-0.15, -0.1) is 0 Å². The molecular weight excluding hydrogens is 338 g/mol. The Hall–Kier alpha value is -2.58. The van der Waals surface area contributed by atoms with Crippen molar-refractivity contribution in [2.45, 2.75) is 13.0 Å². The maximum Gasteiger partial charge on any atom is 0.211 e. The number of aromatic nitrogens is 4. The minimum absolute atomic E-state index is 0.0651. The number of hydrogen-bond acceptors (Lipinski definition) is 5. The molecule has 1 N–H and O–H groups in total. The van der Waals surface area contributed by atoms with Crippen molar-refractivity contribution >= 4 is 10.0 Å². The van der Waals surface area contributed by atoms with Gasteiger partial charge in [-0.1, -0.05) is 30.3 Å². The van der Waals surface area contributed by atoms with Crippen molar-refractivity contribution in [3.8, 4) is 11.6 Å². The molecule has 0 spiro atoms. The van der Waals surface area contributed by atoms with Gasteiger partial charge in [-0.05, 0) is 18.1 Å². The average Bonchev–Trinajstić information content (AvgIpc) is 3.10. The Bertz CT molecular complexity index is 895. The molecule has 7 nitrogen and oxygen atoms in total. The lowest BCUT2D eigenvalue weighted by atomic mass is 10.2. The zero-order valence-electron chi connectivity index (χ0n) is 13.6. The molecule has 0 amide bonds. The summed E-state index contributed by atoms with van der Waals surface area (Å²) in [7, 11) is -3.33. The van der Waals surface area contributed by atoms with Gasteiger partial charge in [0.15, 0.2) is 11.6 Å². The molecule has 25 heavy (non-hydrogen) atoms. The average molecular weight is 357 g/mol. The van der Waals surface area contributed by atoms with Crippen molar-refractivity contribution in [3.05, 3.63) is 66.7 Å². The van der Waals surface area contributed by atoms with E-state index >= 15 is 0 Å². The number of benzene rings is 1. The van der Waals surface area contributed by atoms with Crippen molar-refractivity contribution in [2.75, 3.05) is 12.3 Å². The summed E-state index contributed by atoms with van der Waals surface area (Å²) < 4.78 is 28.7. The number of imidazole rings is 1. The Morgan fingerprint density at radius 1 is 0.960 bits per heavy atom. The van der Waals surface area contributed by atoms with Gasteiger partial charge in [0.05, 0.1) is 5.75 Å². The van der Waals surface area contributed by atoms with Crippen LogP contribution < -0.4 is 4.72 Å². The number of nitrogens with one attached hydrogen (secondary N) is 1. The summed E-state index contributed by atoms with van der Waals surface area (Å²) in [6, 6.07) is 11.3. The second kappa shape index (κ2) is 8.00. The molecule has 0 aliphatic carbocycles. The van der Waals surface area contributed by atoms with Crippen molar-refractivity contribution < 1.29 is 8.42 Å². The summed E-state index contributed by atoms with van der Waals surface area (Å²) in [5.41, 5.74) is 1.01. The maximum absolute atomic E-state index is 12.1. The largest absolute Gasteiger partial charge is 0.327 e. The molecule has 0 aliphatic heterocycles. The van der Waals surface area contributed by atoms with Crippen LogP contribution in [0.15, 0.2) is 61.2 Å². The molecule has 0 saturated heterocycles. The third-order valence-electron chi connectivity index (χ3n) is 3.66. The van der Waals surface area contributed by atoms with Crippen LogP contribution in [0.1, 0.15) is 5.56 Å². The molecule has 2 aromatic heterocycles. The topological polar surface area (TPSA) is 89.8 Å². The molecule has 0 atom stereocenters. The van der Waals surface area contributed by atoms with Gasteiger partial charge in [0.2, 0.25) is 10.0 Å². The molecule has 2 heterocycles. The highest BCUT2D eigenvalue weighted by molar-refractivity contribution is 7.89. The minimum Gasteiger partial charge on any atom is -0.327 e. The molecule has 1 aromatic carbocycles. The first-order valence-electron chi connectivity index (χ1n) is 7.94. The van der Waals surface area contributed by atoms with Gasteiger partial charge >= 0.3 is 0 Å². The van der Waals surface area contributed by atoms with Gasteiger partial charge in [-0.2, -0.15) is 0 Å². The fraction of sp³-hybridized carbons (Fsp3) is 0.235. The standard InChI is InChI=1S/C17H19N5O2S/c23-25(24,14-7-15-5-2-1-3-6-15)21-11-13-22-12-10-20-17(22)16-18-8-4-9-19-16/h1-6,8-10,12,21H,7,11,13-14H2. The maximum atomic E-state index is 12.1. The van der Waals surface area contributed by atoms with E-state index < -0.39 is 10.0 Å². The highest BCUT2D eigenvalue weighted by Crippen LogP contribution is 2.10. The molecule has 0 radical (unpaired) electrons. The monoisotopic (exact) mass is 357 g/mol. The highest BCUT2D eigenvalue weighted by Gasteiger charge is 2.12. The second-order valence-corrected chi connectivity index (χ2v) is 7.39. The van der Waals surface area contributed by atoms with Gasteiger partial charge < -0.3 is 4.57 Å². The van der Waals surface area contributed by atoms with Crippen molar-refractivity contribution in [2.24, 2.45) is 0 Å². The molecule has 0 bridgehead atoms. The fourth-order valence-electron chi connectivity index (χ4n) is 2.40. The zero-order chi connectivity index (χ0) is 17.5. The van der Waals surface area contributed by atoms with Crippen LogP contribution in [0.2, 0.25) is 0 Å². The molecule has 0 saturated carbocycles. The molecule has 3 aromatic rings. The Balaban J connectivity index is 1.54. The van der Waals surface area contributed by atoms with E-state index in [1.54, 1.807) is 30.9 Å². The lowest BCUT2D eigenvalue weighted by molar-refractivity contribution is 0.572. The van der Waals surface area contributed by atoms with Gasteiger partial charge in [-0.3, -0.25) is 0 Å². The Morgan fingerprint density at radius 3 is 2.48 bits per heavy atom. The van der Waals surface area contributed by atoms with Gasteiger partial charge in [0.25, 0.3) is 0 Å². The highest BCUT2D eigenvalue weighted by atomic mass is 32.2. The molecule has 3 rings (SSSR count). The van der Waals surface area contributed by atoms with Gasteiger partial charge in [-0.25, -0.2) is 28.1 Å². The summed E-state index contributed by atoms with van der Waals surface area (Å²) in [4.78, 5) is 12.6. The number of sulfonamides is 1. The predicted molar refractivity (Wildman–Crippen MR) is 95.2 cm³/mol. The smallest absolute Gasteiger partial charge is 0.211 e. The molecule has 0 unspecified atom stereocenters. The van der Waals surface area contributed by atoms with Gasteiger partial charge in [0, 0.05) is 37.9 Å². The Morgan fingerprint density at radius 2 is 1.72 bits per heavy atom. The zero-order valence-corrected chi connectivity index (χ0v) is 14.4. The van der Waals surface area contributed by atoms with E-state index in [4.69, 9.17) is 0 Å². The first kappa shape index (κ1) is 17.2. The summed E-state index contributed by atoms with van der Waals surface area (Å²) >= 11 is 0. The normalized spacial score (nSPS) is 11.5. The quantitative estimate of drug-likeness (QED) is 0.660.